The summed E-state index contributed by atoms with van der Waals surface area (Å²) in [5.74, 6) is 0. The zero-order valence-electron chi connectivity index (χ0n) is 11.9. The zero-order chi connectivity index (χ0) is 13.6. The molecule has 0 nitrogen and oxygen atoms in total. The molecule has 20 heavy (non-hydrogen) atoms. The number of allylic oxidation sites excluding steroid dienone is 1. The summed E-state index contributed by atoms with van der Waals surface area (Å²) in [5, 5.41) is 0. The van der Waals surface area contributed by atoms with Crippen LogP contribution >= 0.6 is 0 Å². The van der Waals surface area contributed by atoms with E-state index in [9.17, 15) is 0 Å². The van der Waals surface area contributed by atoms with Gasteiger partial charge in [-0.1, -0.05) is 74.4 Å². The van der Waals surface area contributed by atoms with Crippen molar-refractivity contribution >= 4 is 5.57 Å². The van der Waals surface area contributed by atoms with Crippen LogP contribution in [0, 0.1) is 0 Å². The van der Waals surface area contributed by atoms with Crippen molar-refractivity contribution in [2.45, 2.75) is 37.5 Å². The molecule has 0 unspecified atom stereocenters. The highest BCUT2D eigenvalue weighted by molar-refractivity contribution is 5.92. The first-order valence-corrected chi connectivity index (χ1v) is 7.72. The van der Waals surface area contributed by atoms with Crippen LogP contribution in [0.25, 0.3) is 16.7 Å². The molecule has 2 aromatic rings. The lowest BCUT2D eigenvalue weighted by Gasteiger charge is -2.44. The van der Waals surface area contributed by atoms with E-state index in [2.05, 4.69) is 55.1 Å². The van der Waals surface area contributed by atoms with Crippen LogP contribution in [0.5, 0.6) is 0 Å². The van der Waals surface area contributed by atoms with Crippen LogP contribution in [-0.4, -0.2) is 0 Å². The Morgan fingerprint density at radius 1 is 0.700 bits per heavy atom. The van der Waals surface area contributed by atoms with Crippen molar-refractivity contribution in [3.05, 3.63) is 66.2 Å². The smallest absolute Gasteiger partial charge is 0.0209 e. The summed E-state index contributed by atoms with van der Waals surface area (Å²) in [4.78, 5) is 0. The molecule has 2 aliphatic rings. The molecule has 2 aromatic carbocycles. The van der Waals surface area contributed by atoms with Crippen LogP contribution < -0.4 is 0 Å². The minimum atomic E-state index is 0.198. The molecule has 0 bridgehead atoms. The summed E-state index contributed by atoms with van der Waals surface area (Å²) >= 11 is 0. The van der Waals surface area contributed by atoms with Crippen LogP contribution in [0.15, 0.2) is 55.1 Å². The topological polar surface area (TPSA) is 0 Å². The Bertz CT molecular complexity index is 672. The van der Waals surface area contributed by atoms with Crippen molar-refractivity contribution in [1.82, 2.24) is 0 Å². The van der Waals surface area contributed by atoms with Gasteiger partial charge in [0, 0.05) is 5.41 Å². The predicted molar refractivity (Wildman–Crippen MR) is 85.7 cm³/mol. The highest BCUT2D eigenvalue weighted by Gasteiger charge is 2.42. The van der Waals surface area contributed by atoms with Gasteiger partial charge in [0.05, 0.1) is 0 Å². The van der Waals surface area contributed by atoms with Crippen molar-refractivity contribution in [2.75, 3.05) is 0 Å². The van der Waals surface area contributed by atoms with Gasteiger partial charge < -0.3 is 0 Å². The monoisotopic (exact) mass is 260 g/mol. The summed E-state index contributed by atoms with van der Waals surface area (Å²) in [5.41, 5.74) is 7.23. The minimum absolute atomic E-state index is 0.198. The van der Waals surface area contributed by atoms with Crippen LogP contribution in [-0.2, 0) is 5.41 Å². The molecule has 4 rings (SSSR count). The maximum Gasteiger partial charge on any atom is 0.0209 e. The van der Waals surface area contributed by atoms with Gasteiger partial charge in [0.15, 0.2) is 0 Å². The lowest BCUT2D eigenvalue weighted by molar-refractivity contribution is 0.368. The van der Waals surface area contributed by atoms with E-state index in [4.69, 9.17) is 0 Å². The van der Waals surface area contributed by atoms with E-state index in [0.29, 0.717) is 0 Å². The Morgan fingerprint density at radius 3 is 2.05 bits per heavy atom. The van der Waals surface area contributed by atoms with Gasteiger partial charge in [0.25, 0.3) is 0 Å². The van der Waals surface area contributed by atoms with Crippen LogP contribution in [0.3, 0.4) is 0 Å². The molecule has 0 aromatic heterocycles. The predicted octanol–water partition coefficient (Wildman–Crippen LogP) is 5.58. The van der Waals surface area contributed by atoms with Crippen molar-refractivity contribution in [2.24, 2.45) is 0 Å². The van der Waals surface area contributed by atoms with E-state index in [1.807, 2.05) is 0 Å². The fraction of sp³-hybridized carbons (Fsp3) is 0.300. The quantitative estimate of drug-likeness (QED) is 0.580. The fourth-order valence-corrected chi connectivity index (χ4v) is 4.26. The fourth-order valence-electron chi connectivity index (χ4n) is 4.26. The summed E-state index contributed by atoms with van der Waals surface area (Å²) in [6.07, 6.45) is 6.55. The molecule has 2 aliphatic carbocycles. The largest absolute Gasteiger partial charge is 0.0943 e. The first-order valence-electron chi connectivity index (χ1n) is 7.72. The second-order valence-corrected chi connectivity index (χ2v) is 6.21. The molecule has 0 heteroatoms. The lowest BCUT2D eigenvalue weighted by Crippen LogP contribution is -2.33. The highest BCUT2D eigenvalue weighted by Crippen LogP contribution is 2.55. The van der Waals surface area contributed by atoms with Crippen molar-refractivity contribution < 1.29 is 0 Å². The van der Waals surface area contributed by atoms with Gasteiger partial charge in [-0.25, -0.2) is 0 Å². The van der Waals surface area contributed by atoms with Crippen molar-refractivity contribution in [3.63, 3.8) is 0 Å². The molecule has 0 atom stereocenters. The molecule has 100 valence electrons. The number of fused-ring (bicyclic) bond motifs is 4. The first-order chi connectivity index (χ1) is 9.83. The van der Waals surface area contributed by atoms with E-state index >= 15 is 0 Å². The molecule has 1 fully saturated rings. The minimum Gasteiger partial charge on any atom is -0.0943 e. The summed E-state index contributed by atoms with van der Waals surface area (Å²) in [6.45, 7) is 4.53. The second kappa shape index (κ2) is 4.34. The highest BCUT2D eigenvalue weighted by atomic mass is 14.4. The lowest BCUT2D eigenvalue weighted by atomic mass is 9.59. The van der Waals surface area contributed by atoms with Gasteiger partial charge >= 0.3 is 0 Å². The van der Waals surface area contributed by atoms with E-state index < -0.39 is 0 Å². The SMILES string of the molecule is C=C1c2ccccc2-c2ccccc2C12CCCCC2. The van der Waals surface area contributed by atoms with Gasteiger partial charge in [0.1, 0.15) is 0 Å². The van der Waals surface area contributed by atoms with Crippen LogP contribution in [0.1, 0.15) is 43.2 Å². The maximum atomic E-state index is 4.53. The van der Waals surface area contributed by atoms with Gasteiger partial charge in [-0.05, 0) is 40.7 Å². The van der Waals surface area contributed by atoms with Gasteiger partial charge in [-0.3, -0.25) is 0 Å². The van der Waals surface area contributed by atoms with E-state index in [1.54, 1.807) is 0 Å². The molecule has 0 saturated heterocycles. The van der Waals surface area contributed by atoms with Crippen molar-refractivity contribution in [1.29, 1.82) is 0 Å². The van der Waals surface area contributed by atoms with Gasteiger partial charge in [-0.2, -0.15) is 0 Å². The first kappa shape index (κ1) is 12.0. The molecule has 0 aliphatic heterocycles. The molecule has 0 radical (unpaired) electrons. The van der Waals surface area contributed by atoms with Crippen LogP contribution in [0.4, 0.5) is 0 Å². The van der Waals surface area contributed by atoms with Gasteiger partial charge in [-0.15, -0.1) is 0 Å². The molecule has 1 saturated carbocycles. The molecule has 0 N–H and O–H groups in total. The summed E-state index contributed by atoms with van der Waals surface area (Å²) in [6, 6.07) is 17.8. The maximum absolute atomic E-state index is 4.53. The van der Waals surface area contributed by atoms with Gasteiger partial charge in [0.2, 0.25) is 0 Å². The Balaban J connectivity index is 2.03. The van der Waals surface area contributed by atoms with E-state index in [-0.39, 0.29) is 5.41 Å². The Kier molecular flexibility index (Phi) is 2.60. The average molecular weight is 260 g/mol. The molecular weight excluding hydrogens is 240 g/mol. The Hall–Kier alpha value is -1.82. The third-order valence-corrected chi connectivity index (χ3v) is 5.27. The Labute approximate surface area is 121 Å². The number of hydrogen-bond donors (Lipinski definition) is 0. The number of hydrogen-bond acceptors (Lipinski definition) is 0. The van der Waals surface area contributed by atoms with E-state index in [1.165, 1.54) is 59.9 Å². The molecule has 0 amide bonds. The normalized spacial score (nSPS) is 19.5. The van der Waals surface area contributed by atoms with Crippen molar-refractivity contribution in [3.8, 4) is 11.1 Å². The molecular formula is C20H20. The molecule has 0 heterocycles. The zero-order valence-corrected chi connectivity index (χ0v) is 11.9. The van der Waals surface area contributed by atoms with E-state index in [0.717, 1.165) is 0 Å². The third kappa shape index (κ3) is 1.48. The second-order valence-electron chi connectivity index (χ2n) is 6.21. The standard InChI is InChI=1S/C20H20/c1-15-16-9-3-4-10-17(16)18-11-5-6-12-19(18)20(15)13-7-2-8-14-20/h3-6,9-12H,1-2,7-8,13-14H2. The summed E-state index contributed by atoms with van der Waals surface area (Å²) < 4.78 is 0. The average Bonchev–Trinajstić information content (AvgIpc) is 2.54. The number of benzene rings is 2. The third-order valence-electron chi connectivity index (χ3n) is 5.27. The molecule has 1 spiro atoms. The summed E-state index contributed by atoms with van der Waals surface area (Å²) in [7, 11) is 0. The van der Waals surface area contributed by atoms with Crippen LogP contribution in [0.2, 0.25) is 0 Å². The number of rotatable bonds is 0. The Morgan fingerprint density at radius 2 is 1.30 bits per heavy atom.